The Morgan fingerprint density at radius 3 is 2.62 bits per heavy atom. The van der Waals surface area contributed by atoms with Crippen LogP contribution < -0.4 is 24.8 Å². The van der Waals surface area contributed by atoms with E-state index < -0.39 is 0 Å². The number of carbonyl (C=O) groups excluding carboxylic acids is 1. The lowest BCUT2D eigenvalue weighted by Gasteiger charge is -2.12. The molecule has 2 amide bonds. The maximum Gasteiger partial charge on any atom is 0.319 e. The van der Waals surface area contributed by atoms with Crippen molar-refractivity contribution >= 4 is 27.6 Å². The minimum absolute atomic E-state index is 0.337. The largest absolute Gasteiger partial charge is 0.497 e. The Balaban J connectivity index is 1.79. The Kier molecular flexibility index (Phi) is 6.74. The molecule has 24 heavy (non-hydrogen) atoms. The van der Waals surface area contributed by atoms with Crippen LogP contribution in [0.15, 0.2) is 46.9 Å². The van der Waals surface area contributed by atoms with Crippen LogP contribution in [0.3, 0.4) is 0 Å². The molecule has 6 nitrogen and oxygen atoms in total. The number of amides is 2. The van der Waals surface area contributed by atoms with E-state index in [0.717, 1.165) is 10.2 Å². The second-order valence-corrected chi connectivity index (χ2v) is 5.67. The number of ether oxygens (including phenoxy) is 3. The summed E-state index contributed by atoms with van der Waals surface area (Å²) in [4.78, 5) is 11.9. The van der Waals surface area contributed by atoms with E-state index in [1.54, 1.807) is 25.3 Å². The van der Waals surface area contributed by atoms with Crippen molar-refractivity contribution < 1.29 is 19.0 Å². The molecular weight excluding hydrogens is 376 g/mol. The normalized spacial score (nSPS) is 9.96. The molecule has 7 heteroatoms. The smallest absolute Gasteiger partial charge is 0.319 e. The number of methoxy groups -OCH3 is 2. The number of anilines is 1. The number of hydrogen-bond donors (Lipinski definition) is 2. The van der Waals surface area contributed by atoms with Crippen LogP contribution in [0.1, 0.15) is 0 Å². The van der Waals surface area contributed by atoms with Crippen LogP contribution >= 0.6 is 15.9 Å². The van der Waals surface area contributed by atoms with Crippen molar-refractivity contribution in [2.45, 2.75) is 0 Å². The van der Waals surface area contributed by atoms with E-state index in [9.17, 15) is 4.79 Å². The Morgan fingerprint density at radius 1 is 1.08 bits per heavy atom. The summed E-state index contributed by atoms with van der Waals surface area (Å²) in [5.74, 6) is 1.92. The number of carbonyl (C=O) groups is 1. The van der Waals surface area contributed by atoms with Crippen molar-refractivity contribution in [3.05, 3.63) is 46.9 Å². The zero-order chi connectivity index (χ0) is 17.4. The third-order valence-electron chi connectivity index (χ3n) is 3.11. The fourth-order valence-electron chi connectivity index (χ4n) is 1.96. The molecule has 0 aliphatic rings. The van der Waals surface area contributed by atoms with Gasteiger partial charge in [0.15, 0.2) is 0 Å². The molecule has 0 aromatic heterocycles. The van der Waals surface area contributed by atoms with E-state index in [0.29, 0.717) is 30.3 Å². The molecular formula is C17H19BrN2O4. The van der Waals surface area contributed by atoms with Crippen LogP contribution in [0.25, 0.3) is 0 Å². The third kappa shape index (κ3) is 5.34. The predicted molar refractivity (Wildman–Crippen MR) is 96.2 cm³/mol. The highest BCUT2D eigenvalue weighted by Gasteiger charge is 2.08. The SMILES string of the molecule is COc1ccc(NC(=O)NCCOc2cccc(Br)c2)c(OC)c1. The molecule has 2 aromatic carbocycles. The minimum atomic E-state index is -0.337. The Labute approximate surface area is 149 Å². The summed E-state index contributed by atoms with van der Waals surface area (Å²) in [7, 11) is 3.10. The number of urea groups is 1. The van der Waals surface area contributed by atoms with Crippen LogP contribution in [0.5, 0.6) is 17.2 Å². The van der Waals surface area contributed by atoms with Gasteiger partial charge in [0.2, 0.25) is 0 Å². The number of nitrogens with one attached hydrogen (secondary N) is 2. The molecule has 0 fully saturated rings. The van der Waals surface area contributed by atoms with E-state index in [-0.39, 0.29) is 6.03 Å². The van der Waals surface area contributed by atoms with Crippen LogP contribution in [0, 0.1) is 0 Å². The molecule has 0 spiro atoms. The van der Waals surface area contributed by atoms with Gasteiger partial charge in [-0.05, 0) is 30.3 Å². The Bertz CT molecular complexity index is 694. The number of hydrogen-bond acceptors (Lipinski definition) is 4. The van der Waals surface area contributed by atoms with Gasteiger partial charge in [-0.3, -0.25) is 0 Å². The summed E-state index contributed by atoms with van der Waals surface area (Å²) in [6.45, 7) is 0.737. The number of halogens is 1. The molecule has 0 atom stereocenters. The second-order valence-electron chi connectivity index (χ2n) is 4.75. The van der Waals surface area contributed by atoms with E-state index >= 15 is 0 Å². The maximum atomic E-state index is 11.9. The first-order chi connectivity index (χ1) is 11.6. The van der Waals surface area contributed by atoms with Gasteiger partial charge in [-0.1, -0.05) is 22.0 Å². The highest BCUT2D eigenvalue weighted by atomic mass is 79.9. The molecule has 0 radical (unpaired) electrons. The van der Waals surface area contributed by atoms with Gasteiger partial charge in [-0.2, -0.15) is 0 Å². The lowest BCUT2D eigenvalue weighted by atomic mass is 10.2. The zero-order valence-electron chi connectivity index (χ0n) is 13.5. The van der Waals surface area contributed by atoms with Crippen molar-refractivity contribution in [2.24, 2.45) is 0 Å². The molecule has 128 valence electrons. The quantitative estimate of drug-likeness (QED) is 0.702. The summed E-state index contributed by atoms with van der Waals surface area (Å²) in [6, 6.07) is 12.3. The van der Waals surface area contributed by atoms with Crippen molar-refractivity contribution in [1.82, 2.24) is 5.32 Å². The van der Waals surface area contributed by atoms with E-state index in [1.807, 2.05) is 24.3 Å². The molecule has 0 aliphatic heterocycles. The van der Waals surface area contributed by atoms with E-state index in [2.05, 4.69) is 26.6 Å². The van der Waals surface area contributed by atoms with Gasteiger partial charge >= 0.3 is 6.03 Å². The van der Waals surface area contributed by atoms with Crippen LogP contribution in [-0.4, -0.2) is 33.4 Å². The van der Waals surface area contributed by atoms with Gasteiger partial charge in [0.05, 0.1) is 26.5 Å². The lowest BCUT2D eigenvalue weighted by Crippen LogP contribution is -2.32. The highest BCUT2D eigenvalue weighted by molar-refractivity contribution is 9.10. The van der Waals surface area contributed by atoms with Crippen LogP contribution in [-0.2, 0) is 0 Å². The highest BCUT2D eigenvalue weighted by Crippen LogP contribution is 2.28. The summed E-state index contributed by atoms with van der Waals surface area (Å²) in [6.07, 6.45) is 0. The second kappa shape index (κ2) is 9.02. The van der Waals surface area contributed by atoms with Gasteiger partial charge in [0.25, 0.3) is 0 Å². The third-order valence-corrected chi connectivity index (χ3v) is 3.60. The minimum Gasteiger partial charge on any atom is -0.497 e. The van der Waals surface area contributed by atoms with Gasteiger partial charge < -0.3 is 24.8 Å². The van der Waals surface area contributed by atoms with Crippen molar-refractivity contribution in [1.29, 1.82) is 0 Å². The van der Waals surface area contributed by atoms with Crippen molar-refractivity contribution in [3.63, 3.8) is 0 Å². The molecule has 0 unspecified atom stereocenters. The Morgan fingerprint density at radius 2 is 1.92 bits per heavy atom. The average Bonchev–Trinajstić information content (AvgIpc) is 2.59. The van der Waals surface area contributed by atoms with Gasteiger partial charge in [-0.25, -0.2) is 4.79 Å². The van der Waals surface area contributed by atoms with Crippen LogP contribution in [0.4, 0.5) is 10.5 Å². The van der Waals surface area contributed by atoms with Gasteiger partial charge in [0, 0.05) is 10.5 Å². The van der Waals surface area contributed by atoms with Crippen molar-refractivity contribution in [3.8, 4) is 17.2 Å². The number of rotatable bonds is 7. The summed E-state index contributed by atoms with van der Waals surface area (Å²) < 4.78 is 16.8. The predicted octanol–water partition coefficient (Wildman–Crippen LogP) is 3.67. The fraction of sp³-hybridized carbons (Fsp3) is 0.235. The first-order valence-electron chi connectivity index (χ1n) is 7.27. The maximum absolute atomic E-state index is 11.9. The molecule has 0 saturated heterocycles. The molecule has 2 rings (SSSR count). The molecule has 2 N–H and O–H groups in total. The fourth-order valence-corrected chi connectivity index (χ4v) is 2.34. The van der Waals surface area contributed by atoms with Gasteiger partial charge in [-0.15, -0.1) is 0 Å². The summed E-state index contributed by atoms with van der Waals surface area (Å²) in [5.41, 5.74) is 0.559. The molecule has 0 bridgehead atoms. The summed E-state index contributed by atoms with van der Waals surface area (Å²) >= 11 is 3.37. The Hall–Kier alpha value is -2.41. The lowest BCUT2D eigenvalue weighted by molar-refractivity contribution is 0.247. The molecule has 2 aromatic rings. The molecule has 0 heterocycles. The first kappa shape index (κ1) is 17.9. The standard InChI is InChI=1S/C17H19BrN2O4/c1-22-13-6-7-15(16(11-13)23-2)20-17(21)19-8-9-24-14-5-3-4-12(18)10-14/h3-7,10-11H,8-9H2,1-2H3,(H2,19,20,21). The average molecular weight is 395 g/mol. The molecule has 0 aliphatic carbocycles. The zero-order valence-corrected chi connectivity index (χ0v) is 15.1. The van der Waals surface area contributed by atoms with E-state index in [1.165, 1.54) is 7.11 Å². The first-order valence-corrected chi connectivity index (χ1v) is 8.07. The van der Waals surface area contributed by atoms with Crippen LogP contribution in [0.2, 0.25) is 0 Å². The number of benzene rings is 2. The monoisotopic (exact) mass is 394 g/mol. The van der Waals surface area contributed by atoms with Gasteiger partial charge in [0.1, 0.15) is 23.9 Å². The van der Waals surface area contributed by atoms with Crippen molar-refractivity contribution in [2.75, 3.05) is 32.7 Å². The van der Waals surface area contributed by atoms with E-state index in [4.69, 9.17) is 14.2 Å². The molecule has 0 saturated carbocycles. The summed E-state index contributed by atoms with van der Waals surface area (Å²) in [5, 5.41) is 5.45. The topological polar surface area (TPSA) is 68.8 Å².